The highest BCUT2D eigenvalue weighted by Gasteiger charge is 2.09. The average molecular weight is 254 g/mol. The number of thioether (sulfide) groups is 1. The monoisotopic (exact) mass is 254 g/mol. The molecule has 4 nitrogen and oxygen atoms in total. The first-order valence-corrected chi connectivity index (χ1v) is 6.89. The van der Waals surface area contributed by atoms with Gasteiger partial charge in [0.15, 0.2) is 0 Å². The molecule has 1 N–H and O–H groups in total. The minimum Gasteiger partial charge on any atom is -0.373 e. The lowest BCUT2D eigenvalue weighted by Gasteiger charge is -2.12. The van der Waals surface area contributed by atoms with Crippen LogP contribution in [0.2, 0.25) is 0 Å². The quantitative estimate of drug-likeness (QED) is 0.621. The Morgan fingerprint density at radius 2 is 2.00 bits per heavy atom. The van der Waals surface area contributed by atoms with Gasteiger partial charge in [0, 0.05) is 31.3 Å². The molecule has 5 heteroatoms. The molecule has 1 aromatic rings. The van der Waals surface area contributed by atoms with E-state index in [-0.39, 0.29) is 0 Å². The second-order valence-corrected chi connectivity index (χ2v) is 5.26. The number of aryl methyl sites for hydroxylation is 1. The number of rotatable bonds is 6. The van der Waals surface area contributed by atoms with Crippen LogP contribution in [-0.2, 0) is 6.42 Å². The third-order valence-electron chi connectivity index (χ3n) is 2.48. The SMILES string of the molecule is CCc1nc(NC)c(C)c(SCCN(C)C)n1. The van der Waals surface area contributed by atoms with E-state index in [9.17, 15) is 0 Å². The van der Waals surface area contributed by atoms with Crippen molar-refractivity contribution in [3.05, 3.63) is 11.4 Å². The minimum absolute atomic E-state index is 0.871. The van der Waals surface area contributed by atoms with Crippen LogP contribution in [0.1, 0.15) is 18.3 Å². The Morgan fingerprint density at radius 3 is 2.53 bits per heavy atom. The fraction of sp³-hybridized carbons (Fsp3) is 0.667. The summed E-state index contributed by atoms with van der Waals surface area (Å²) in [6.07, 6.45) is 0.871. The number of hydrogen-bond donors (Lipinski definition) is 1. The number of nitrogens with one attached hydrogen (secondary N) is 1. The third-order valence-corrected chi connectivity index (χ3v) is 3.54. The van der Waals surface area contributed by atoms with E-state index in [1.54, 1.807) is 11.8 Å². The number of anilines is 1. The van der Waals surface area contributed by atoms with E-state index in [4.69, 9.17) is 0 Å². The van der Waals surface area contributed by atoms with Crippen LogP contribution in [0.4, 0.5) is 5.82 Å². The predicted molar refractivity (Wildman–Crippen MR) is 75.0 cm³/mol. The molecule has 0 spiro atoms. The standard InChI is InChI=1S/C12H22N4S/c1-6-10-14-11(13-3)9(2)12(15-10)17-8-7-16(4)5/h6-8H2,1-5H3,(H,13,14,15). The molecular weight excluding hydrogens is 232 g/mol. The van der Waals surface area contributed by atoms with E-state index >= 15 is 0 Å². The Labute approximate surface area is 108 Å². The zero-order valence-electron chi connectivity index (χ0n) is 11.4. The maximum Gasteiger partial charge on any atom is 0.133 e. The van der Waals surface area contributed by atoms with Gasteiger partial charge in [-0.1, -0.05) is 6.92 Å². The fourth-order valence-electron chi connectivity index (χ4n) is 1.41. The molecule has 0 aliphatic carbocycles. The lowest BCUT2D eigenvalue weighted by atomic mass is 10.3. The van der Waals surface area contributed by atoms with Crippen molar-refractivity contribution in [3.63, 3.8) is 0 Å². The van der Waals surface area contributed by atoms with Gasteiger partial charge in [0.2, 0.25) is 0 Å². The van der Waals surface area contributed by atoms with E-state index in [1.165, 1.54) is 0 Å². The molecular formula is C12H22N4S. The second kappa shape index (κ2) is 6.81. The Hall–Kier alpha value is -0.810. The fourth-order valence-corrected chi connectivity index (χ4v) is 2.54. The molecule has 1 heterocycles. The van der Waals surface area contributed by atoms with Crippen molar-refractivity contribution in [2.24, 2.45) is 0 Å². The van der Waals surface area contributed by atoms with Crippen LogP contribution >= 0.6 is 11.8 Å². The largest absolute Gasteiger partial charge is 0.373 e. The highest BCUT2D eigenvalue weighted by Crippen LogP contribution is 2.24. The number of aromatic nitrogens is 2. The Bertz CT molecular complexity index is 366. The molecule has 0 fully saturated rings. The molecule has 0 radical (unpaired) electrons. The van der Waals surface area contributed by atoms with E-state index in [0.29, 0.717) is 0 Å². The second-order valence-electron chi connectivity index (χ2n) is 4.17. The molecule has 0 saturated carbocycles. The third kappa shape index (κ3) is 4.16. The van der Waals surface area contributed by atoms with Crippen LogP contribution < -0.4 is 5.32 Å². The molecule has 0 atom stereocenters. The summed E-state index contributed by atoms with van der Waals surface area (Å²) in [6.45, 7) is 5.21. The van der Waals surface area contributed by atoms with Gasteiger partial charge in [-0.05, 0) is 21.0 Å². The van der Waals surface area contributed by atoms with Gasteiger partial charge in [-0.3, -0.25) is 0 Å². The zero-order valence-corrected chi connectivity index (χ0v) is 12.2. The molecule has 0 unspecified atom stereocenters. The van der Waals surface area contributed by atoms with Crippen molar-refractivity contribution in [2.45, 2.75) is 25.3 Å². The molecule has 0 aliphatic heterocycles. The van der Waals surface area contributed by atoms with E-state index < -0.39 is 0 Å². The van der Waals surface area contributed by atoms with Gasteiger partial charge < -0.3 is 10.2 Å². The number of hydrogen-bond acceptors (Lipinski definition) is 5. The summed E-state index contributed by atoms with van der Waals surface area (Å²) in [5.74, 6) is 2.91. The normalized spacial score (nSPS) is 10.9. The van der Waals surface area contributed by atoms with Crippen LogP contribution in [0.15, 0.2) is 5.03 Å². The molecule has 0 amide bonds. The van der Waals surface area contributed by atoms with Crippen molar-refractivity contribution >= 4 is 17.6 Å². The molecule has 0 aliphatic rings. The molecule has 17 heavy (non-hydrogen) atoms. The summed E-state index contributed by atoms with van der Waals surface area (Å²) >= 11 is 1.80. The van der Waals surface area contributed by atoms with Gasteiger partial charge in [-0.2, -0.15) is 0 Å². The summed E-state index contributed by atoms with van der Waals surface area (Å²) in [5.41, 5.74) is 1.15. The molecule has 0 saturated heterocycles. The first-order valence-electron chi connectivity index (χ1n) is 5.91. The summed E-state index contributed by atoms with van der Waals surface area (Å²) < 4.78 is 0. The van der Waals surface area contributed by atoms with Gasteiger partial charge in [-0.15, -0.1) is 11.8 Å². The van der Waals surface area contributed by atoms with Crippen molar-refractivity contribution in [2.75, 3.05) is 38.8 Å². The van der Waals surface area contributed by atoms with Crippen LogP contribution in [-0.4, -0.2) is 48.3 Å². The van der Waals surface area contributed by atoms with Gasteiger partial charge in [0.25, 0.3) is 0 Å². The van der Waals surface area contributed by atoms with Crippen LogP contribution in [0.5, 0.6) is 0 Å². The Kier molecular flexibility index (Phi) is 5.71. The lowest BCUT2D eigenvalue weighted by molar-refractivity contribution is 0.437. The van der Waals surface area contributed by atoms with Gasteiger partial charge in [0.1, 0.15) is 16.7 Å². The summed E-state index contributed by atoms with van der Waals surface area (Å²) in [5, 5.41) is 4.23. The van der Waals surface area contributed by atoms with Crippen LogP contribution in [0.25, 0.3) is 0 Å². The van der Waals surface area contributed by atoms with Crippen molar-refractivity contribution in [1.29, 1.82) is 0 Å². The van der Waals surface area contributed by atoms with Crippen LogP contribution in [0, 0.1) is 6.92 Å². The summed E-state index contributed by atoms with van der Waals surface area (Å²) in [6, 6.07) is 0. The molecule has 96 valence electrons. The van der Waals surface area contributed by atoms with Gasteiger partial charge in [-0.25, -0.2) is 9.97 Å². The number of nitrogens with zero attached hydrogens (tertiary/aromatic N) is 3. The first kappa shape index (κ1) is 14.3. The molecule has 1 aromatic heterocycles. The van der Waals surface area contributed by atoms with E-state index in [2.05, 4.69) is 48.1 Å². The minimum atomic E-state index is 0.871. The van der Waals surface area contributed by atoms with E-state index in [0.717, 1.165) is 41.0 Å². The van der Waals surface area contributed by atoms with Crippen molar-refractivity contribution < 1.29 is 0 Å². The summed E-state index contributed by atoms with van der Waals surface area (Å²) in [7, 11) is 6.08. The molecule has 1 rings (SSSR count). The average Bonchev–Trinajstić information content (AvgIpc) is 2.31. The van der Waals surface area contributed by atoms with Crippen molar-refractivity contribution in [3.8, 4) is 0 Å². The predicted octanol–water partition coefficient (Wildman–Crippen LogP) is 2.04. The Morgan fingerprint density at radius 1 is 1.29 bits per heavy atom. The van der Waals surface area contributed by atoms with Gasteiger partial charge >= 0.3 is 0 Å². The maximum absolute atomic E-state index is 4.59. The maximum atomic E-state index is 4.59. The lowest BCUT2D eigenvalue weighted by Crippen LogP contribution is -2.15. The smallest absolute Gasteiger partial charge is 0.133 e. The zero-order chi connectivity index (χ0) is 12.8. The topological polar surface area (TPSA) is 41.1 Å². The Balaban J connectivity index is 2.82. The first-order chi connectivity index (χ1) is 8.08. The van der Waals surface area contributed by atoms with E-state index in [1.807, 2.05) is 7.05 Å². The highest BCUT2D eigenvalue weighted by atomic mass is 32.2. The molecule has 0 aromatic carbocycles. The van der Waals surface area contributed by atoms with Gasteiger partial charge in [0.05, 0.1) is 0 Å². The highest BCUT2D eigenvalue weighted by molar-refractivity contribution is 7.99. The summed E-state index contributed by atoms with van der Waals surface area (Å²) in [4.78, 5) is 11.2. The van der Waals surface area contributed by atoms with Crippen LogP contribution in [0.3, 0.4) is 0 Å². The molecule has 0 bridgehead atoms. The van der Waals surface area contributed by atoms with Crippen molar-refractivity contribution in [1.82, 2.24) is 14.9 Å².